The van der Waals surface area contributed by atoms with Gasteiger partial charge >= 0.3 is 235 Å². The van der Waals surface area contributed by atoms with Crippen LogP contribution in [0.5, 0.6) is 0 Å². The van der Waals surface area contributed by atoms with Crippen LogP contribution in [0.4, 0.5) is 0 Å². The molecule has 0 aliphatic carbocycles. The maximum atomic E-state index is 5.17. The summed E-state index contributed by atoms with van der Waals surface area (Å²) in [5, 5.41) is 10.2. The summed E-state index contributed by atoms with van der Waals surface area (Å²) in [6, 6.07) is 50.5. The molecule has 2 aromatic heterocycles. The van der Waals surface area contributed by atoms with E-state index < -0.39 is 5.51 Å². The molecule has 8 aromatic rings. The van der Waals surface area contributed by atoms with E-state index in [1.807, 2.05) is 0 Å². The van der Waals surface area contributed by atoms with Gasteiger partial charge in [0.05, 0.1) is 0 Å². The monoisotopic (exact) mass is 582 g/mol. The number of hydrogen-bond acceptors (Lipinski definition) is 1. The zero-order chi connectivity index (χ0) is 26.0. The van der Waals surface area contributed by atoms with Crippen molar-refractivity contribution in [3.63, 3.8) is 0 Å². The molecule has 8 rings (SSSR count). The third kappa shape index (κ3) is 3.28. The average Bonchev–Trinajstić information content (AvgIpc) is 3.41. The van der Waals surface area contributed by atoms with Gasteiger partial charge in [-0.15, -0.1) is 0 Å². The van der Waals surface area contributed by atoms with E-state index in [0.717, 1.165) is 16.7 Å². The first-order chi connectivity index (χ1) is 19.2. The first kappa shape index (κ1) is 22.9. The molecule has 0 amide bonds. The SMILES string of the molecule is [Se]=P(c1ccccc1)(c1ccccc1)c1cc2ccccc2c2c1c1ccccc1c1nc3ccccc3n12. The average molecular weight is 582 g/mol. The molecule has 0 N–H and O–H groups in total. The van der Waals surface area contributed by atoms with E-state index in [9.17, 15) is 0 Å². The quantitative estimate of drug-likeness (QED) is 0.121. The zero-order valence-corrected chi connectivity index (χ0v) is 23.6. The predicted molar refractivity (Wildman–Crippen MR) is 170 cm³/mol. The Morgan fingerprint density at radius 1 is 0.564 bits per heavy atom. The number of aromatic nitrogens is 2. The Labute approximate surface area is 233 Å². The van der Waals surface area contributed by atoms with Crippen molar-refractivity contribution in [1.82, 2.24) is 9.38 Å². The van der Waals surface area contributed by atoms with E-state index >= 15 is 0 Å². The van der Waals surface area contributed by atoms with Crippen LogP contribution in [-0.4, -0.2) is 24.5 Å². The summed E-state index contributed by atoms with van der Waals surface area (Å²) < 4.78 is 2.40. The summed E-state index contributed by atoms with van der Waals surface area (Å²) >= 11 is 3.83. The maximum absolute atomic E-state index is 5.17. The molecule has 0 fully saturated rings. The van der Waals surface area contributed by atoms with Crippen molar-refractivity contribution in [3.05, 3.63) is 140 Å². The van der Waals surface area contributed by atoms with E-state index in [2.05, 4.69) is 159 Å². The van der Waals surface area contributed by atoms with Crippen LogP contribution in [0.3, 0.4) is 0 Å². The Morgan fingerprint density at radius 2 is 1.13 bits per heavy atom. The van der Waals surface area contributed by atoms with Crippen molar-refractivity contribution < 1.29 is 0 Å². The molecule has 6 aromatic carbocycles. The van der Waals surface area contributed by atoms with Crippen LogP contribution < -0.4 is 15.9 Å². The molecule has 0 atom stereocenters. The van der Waals surface area contributed by atoms with Crippen LogP contribution in [0, 0.1) is 0 Å². The van der Waals surface area contributed by atoms with Crippen molar-refractivity contribution in [1.29, 1.82) is 0 Å². The summed E-state index contributed by atoms with van der Waals surface area (Å²) in [6.45, 7) is 0. The third-order valence-electron chi connectivity index (χ3n) is 7.80. The Kier molecular flexibility index (Phi) is 5.15. The van der Waals surface area contributed by atoms with Crippen molar-refractivity contribution in [2.24, 2.45) is 0 Å². The molecule has 0 saturated carbocycles. The molecule has 4 heteroatoms. The number of hydrogen-bond donors (Lipinski definition) is 0. The molecule has 39 heavy (non-hydrogen) atoms. The second-order valence-electron chi connectivity index (χ2n) is 9.93. The minimum atomic E-state index is -2.16. The molecular weight excluding hydrogens is 558 g/mol. The number of pyridine rings is 1. The minimum absolute atomic E-state index is 1.00. The van der Waals surface area contributed by atoms with E-state index in [4.69, 9.17) is 4.98 Å². The summed E-state index contributed by atoms with van der Waals surface area (Å²) in [4.78, 5) is 5.17. The molecule has 0 bridgehead atoms. The molecule has 2 nitrogen and oxygen atoms in total. The Morgan fingerprint density at radius 3 is 1.85 bits per heavy atom. The van der Waals surface area contributed by atoms with E-state index in [0.29, 0.717) is 0 Å². The van der Waals surface area contributed by atoms with Crippen molar-refractivity contribution >= 4 is 85.6 Å². The van der Waals surface area contributed by atoms with Crippen LogP contribution in [0.2, 0.25) is 0 Å². The zero-order valence-electron chi connectivity index (χ0n) is 21.0. The van der Waals surface area contributed by atoms with Gasteiger partial charge in [0.15, 0.2) is 0 Å². The number of nitrogens with zero attached hydrogens (tertiary/aromatic N) is 2. The Hall–Kier alpha value is -4.00. The fraction of sp³-hybridized carbons (Fsp3) is 0. The summed E-state index contributed by atoms with van der Waals surface area (Å²) in [5.74, 6) is 0. The summed E-state index contributed by atoms with van der Waals surface area (Å²) in [6.07, 6.45) is 0. The number of rotatable bonds is 3. The van der Waals surface area contributed by atoms with Gasteiger partial charge in [0.2, 0.25) is 0 Å². The summed E-state index contributed by atoms with van der Waals surface area (Å²) in [5.41, 5.74) is 2.21. The fourth-order valence-electron chi connectivity index (χ4n) is 6.09. The van der Waals surface area contributed by atoms with E-state index in [1.54, 1.807) is 0 Å². The van der Waals surface area contributed by atoms with Gasteiger partial charge < -0.3 is 0 Å². The molecule has 184 valence electrons. The van der Waals surface area contributed by atoms with Gasteiger partial charge in [-0.2, -0.15) is 0 Å². The molecule has 0 aliphatic heterocycles. The van der Waals surface area contributed by atoms with Crippen LogP contribution in [0.15, 0.2) is 140 Å². The van der Waals surface area contributed by atoms with Gasteiger partial charge in [-0.05, 0) is 0 Å². The van der Waals surface area contributed by atoms with Crippen LogP contribution >= 0.6 is 5.51 Å². The van der Waals surface area contributed by atoms with Gasteiger partial charge in [-0.1, -0.05) is 0 Å². The number of benzene rings is 6. The predicted octanol–water partition coefficient (Wildman–Crippen LogP) is 7.32. The standard InChI is InChI=1S/C35H23N2PSe/c39-38(25-14-3-1-4-15-25,26-16-5-2-6-17-26)32-23-24-13-7-8-18-27(24)34-33(32)28-19-9-10-20-29(28)35-36-30-21-11-12-22-31(30)37(34)35/h1-23H. The molecule has 0 aliphatic rings. The first-order valence-electron chi connectivity index (χ1n) is 13.1. The number of fused-ring (bicyclic) bond motifs is 10. The molecule has 0 unspecified atom stereocenters. The topological polar surface area (TPSA) is 17.3 Å². The third-order valence-corrected chi connectivity index (χ3v) is 14.8. The van der Waals surface area contributed by atoms with Crippen molar-refractivity contribution in [2.75, 3.05) is 0 Å². The van der Waals surface area contributed by atoms with Crippen LogP contribution in [-0.2, 0) is 0 Å². The molecule has 0 radical (unpaired) electrons. The van der Waals surface area contributed by atoms with Gasteiger partial charge in [0, 0.05) is 0 Å². The molecule has 0 saturated heterocycles. The van der Waals surface area contributed by atoms with Crippen molar-refractivity contribution in [3.8, 4) is 0 Å². The second-order valence-corrected chi connectivity index (χ2v) is 16.1. The van der Waals surface area contributed by atoms with Crippen LogP contribution in [0.25, 0.3) is 49.1 Å². The summed E-state index contributed by atoms with van der Waals surface area (Å²) in [7, 11) is 0. The van der Waals surface area contributed by atoms with Gasteiger partial charge in [-0.25, -0.2) is 0 Å². The Balaban J connectivity index is 1.71. The fourth-order valence-corrected chi connectivity index (χ4v) is 11.4. The molecular formula is C35H23N2PSe. The number of para-hydroxylation sites is 2. The van der Waals surface area contributed by atoms with Gasteiger partial charge in [0.25, 0.3) is 0 Å². The van der Waals surface area contributed by atoms with Gasteiger partial charge in [-0.3, -0.25) is 0 Å². The van der Waals surface area contributed by atoms with E-state index in [1.165, 1.54) is 48.4 Å². The second kappa shape index (κ2) is 8.76. The first-order valence-corrected chi connectivity index (χ1v) is 17.1. The Bertz CT molecular complexity index is 2210. The van der Waals surface area contributed by atoms with Crippen LogP contribution in [0.1, 0.15) is 0 Å². The normalized spacial score (nSPS) is 12.2. The van der Waals surface area contributed by atoms with E-state index in [-0.39, 0.29) is 0 Å². The molecule has 2 heterocycles. The van der Waals surface area contributed by atoms with Crippen molar-refractivity contribution in [2.45, 2.75) is 0 Å². The number of imidazole rings is 1. The molecule has 0 spiro atoms. The van der Waals surface area contributed by atoms with Gasteiger partial charge in [0.1, 0.15) is 0 Å².